The molecule has 0 amide bonds. The summed E-state index contributed by atoms with van der Waals surface area (Å²) in [6, 6.07) is 7.73. The van der Waals surface area contributed by atoms with E-state index in [1.54, 1.807) is 25.0 Å². The molecule has 1 aliphatic heterocycles. The van der Waals surface area contributed by atoms with Crippen molar-refractivity contribution in [1.82, 2.24) is 15.1 Å². The van der Waals surface area contributed by atoms with Gasteiger partial charge in [-0.2, -0.15) is 5.10 Å². The molecule has 0 spiro atoms. The number of carbonyl (C=O) groups excluding carboxylic acids is 1. The summed E-state index contributed by atoms with van der Waals surface area (Å²) in [5, 5.41) is 7.40. The third-order valence-electron chi connectivity index (χ3n) is 3.73. The van der Waals surface area contributed by atoms with Gasteiger partial charge in [0.1, 0.15) is 5.69 Å². The van der Waals surface area contributed by atoms with Crippen LogP contribution in [-0.4, -0.2) is 29.2 Å². The van der Waals surface area contributed by atoms with Gasteiger partial charge in [-0.15, -0.1) is 0 Å². The Balaban J connectivity index is 2.02. The van der Waals surface area contributed by atoms with E-state index in [2.05, 4.69) is 16.5 Å². The SMILES string of the molecule is COc1cnn(C)c1C(=O)C1NCCc2ccccc21. The standard InChI is InChI=1S/C15H17N3O2/c1-18-14(12(20-2)9-17-18)15(19)13-11-6-4-3-5-10(11)7-8-16-13/h3-6,9,13,16H,7-8H2,1-2H3. The lowest BCUT2D eigenvalue weighted by Gasteiger charge is -2.26. The first kappa shape index (κ1) is 12.9. The second-order valence-electron chi connectivity index (χ2n) is 4.89. The van der Waals surface area contributed by atoms with Crippen molar-refractivity contribution in [3.63, 3.8) is 0 Å². The average molecular weight is 271 g/mol. The molecule has 0 bridgehead atoms. The smallest absolute Gasteiger partial charge is 0.206 e. The predicted octanol–water partition coefficient (Wildman–Crippen LogP) is 1.50. The van der Waals surface area contributed by atoms with Gasteiger partial charge in [-0.3, -0.25) is 9.48 Å². The van der Waals surface area contributed by atoms with Crippen molar-refractivity contribution < 1.29 is 9.53 Å². The monoisotopic (exact) mass is 271 g/mol. The highest BCUT2D eigenvalue weighted by molar-refractivity contribution is 6.01. The van der Waals surface area contributed by atoms with Gasteiger partial charge in [0.25, 0.3) is 0 Å². The van der Waals surface area contributed by atoms with Crippen molar-refractivity contribution >= 4 is 5.78 Å². The van der Waals surface area contributed by atoms with Gasteiger partial charge >= 0.3 is 0 Å². The zero-order chi connectivity index (χ0) is 14.1. The number of Topliss-reactive ketones (excluding diaryl/α,β-unsaturated/α-hetero) is 1. The Morgan fingerprint density at radius 3 is 3.05 bits per heavy atom. The minimum atomic E-state index is -0.329. The molecule has 1 atom stereocenters. The fourth-order valence-electron chi connectivity index (χ4n) is 2.72. The molecule has 5 heteroatoms. The van der Waals surface area contributed by atoms with E-state index in [-0.39, 0.29) is 11.8 Å². The molecular formula is C15H17N3O2. The van der Waals surface area contributed by atoms with Crippen LogP contribution in [0.4, 0.5) is 0 Å². The minimum Gasteiger partial charge on any atom is -0.493 e. The number of ether oxygens (including phenoxy) is 1. The number of rotatable bonds is 3. The quantitative estimate of drug-likeness (QED) is 0.860. The van der Waals surface area contributed by atoms with E-state index in [0.717, 1.165) is 18.5 Å². The molecule has 2 heterocycles. The van der Waals surface area contributed by atoms with Crippen LogP contribution in [-0.2, 0) is 13.5 Å². The third-order valence-corrected chi connectivity index (χ3v) is 3.73. The van der Waals surface area contributed by atoms with Gasteiger partial charge in [-0.05, 0) is 17.5 Å². The molecule has 1 unspecified atom stereocenters. The number of hydrogen-bond donors (Lipinski definition) is 1. The third kappa shape index (κ3) is 2.00. The highest BCUT2D eigenvalue weighted by atomic mass is 16.5. The first-order valence-corrected chi connectivity index (χ1v) is 6.63. The molecule has 0 radical (unpaired) electrons. The first-order valence-electron chi connectivity index (χ1n) is 6.63. The summed E-state index contributed by atoms with van der Waals surface area (Å²) >= 11 is 0. The van der Waals surface area contributed by atoms with Crippen LogP contribution in [0.15, 0.2) is 30.5 Å². The van der Waals surface area contributed by atoms with Crippen molar-refractivity contribution in [3.8, 4) is 5.75 Å². The van der Waals surface area contributed by atoms with Gasteiger partial charge in [-0.1, -0.05) is 24.3 Å². The number of nitrogens with one attached hydrogen (secondary N) is 1. The zero-order valence-corrected chi connectivity index (χ0v) is 11.6. The number of methoxy groups -OCH3 is 1. The summed E-state index contributed by atoms with van der Waals surface area (Å²) in [6.07, 6.45) is 2.52. The maximum absolute atomic E-state index is 12.8. The molecule has 0 saturated heterocycles. The first-order chi connectivity index (χ1) is 9.72. The van der Waals surface area contributed by atoms with Gasteiger partial charge < -0.3 is 10.1 Å². The molecule has 1 aliphatic rings. The maximum Gasteiger partial charge on any atom is 0.206 e. The second kappa shape index (κ2) is 5.09. The average Bonchev–Trinajstić information content (AvgIpc) is 2.87. The van der Waals surface area contributed by atoms with E-state index in [1.807, 2.05) is 18.2 Å². The lowest BCUT2D eigenvalue weighted by molar-refractivity contribution is 0.0927. The van der Waals surface area contributed by atoms with Gasteiger partial charge in [0.15, 0.2) is 5.75 Å². The summed E-state index contributed by atoms with van der Waals surface area (Å²) in [5.74, 6) is 0.511. The molecule has 1 N–H and O–H groups in total. The molecule has 0 fully saturated rings. The maximum atomic E-state index is 12.8. The van der Waals surface area contributed by atoms with E-state index >= 15 is 0 Å². The molecule has 104 valence electrons. The van der Waals surface area contributed by atoms with E-state index in [9.17, 15) is 4.79 Å². The Hall–Kier alpha value is -2.14. The topological polar surface area (TPSA) is 56.2 Å². The largest absolute Gasteiger partial charge is 0.493 e. The van der Waals surface area contributed by atoms with E-state index < -0.39 is 0 Å². The fourth-order valence-corrected chi connectivity index (χ4v) is 2.72. The Morgan fingerprint density at radius 1 is 1.45 bits per heavy atom. The van der Waals surface area contributed by atoms with Gasteiger partial charge in [-0.25, -0.2) is 0 Å². The second-order valence-corrected chi connectivity index (χ2v) is 4.89. The van der Waals surface area contributed by atoms with E-state index in [1.165, 1.54) is 5.56 Å². The number of benzene rings is 1. The Labute approximate surface area is 117 Å². The van der Waals surface area contributed by atoms with Crippen LogP contribution in [0.2, 0.25) is 0 Å². The summed E-state index contributed by atoms with van der Waals surface area (Å²) in [5.41, 5.74) is 2.78. The van der Waals surface area contributed by atoms with E-state index in [4.69, 9.17) is 4.74 Å². The number of ketones is 1. The predicted molar refractivity (Wildman–Crippen MR) is 75.0 cm³/mol. The molecule has 20 heavy (non-hydrogen) atoms. The van der Waals surface area contributed by atoms with Crippen molar-refractivity contribution in [1.29, 1.82) is 0 Å². The highest BCUT2D eigenvalue weighted by Crippen LogP contribution is 2.28. The van der Waals surface area contributed by atoms with Crippen LogP contribution in [0, 0.1) is 0 Å². The van der Waals surface area contributed by atoms with Gasteiger partial charge in [0, 0.05) is 13.6 Å². The number of nitrogens with zero attached hydrogens (tertiary/aromatic N) is 2. The van der Waals surface area contributed by atoms with Crippen LogP contribution < -0.4 is 10.1 Å². The molecule has 5 nitrogen and oxygen atoms in total. The fraction of sp³-hybridized carbons (Fsp3) is 0.333. The molecule has 1 aromatic carbocycles. The Bertz CT molecular complexity index is 648. The summed E-state index contributed by atoms with van der Waals surface area (Å²) in [7, 11) is 3.31. The lowest BCUT2D eigenvalue weighted by Crippen LogP contribution is -2.36. The number of hydrogen-bond acceptors (Lipinski definition) is 4. The number of fused-ring (bicyclic) bond motifs is 1. The van der Waals surface area contributed by atoms with Crippen molar-refractivity contribution in [2.45, 2.75) is 12.5 Å². The van der Waals surface area contributed by atoms with E-state index in [0.29, 0.717) is 11.4 Å². The van der Waals surface area contributed by atoms with Crippen molar-refractivity contribution in [2.24, 2.45) is 7.05 Å². The lowest BCUT2D eigenvalue weighted by atomic mass is 9.91. The molecule has 1 aromatic heterocycles. The van der Waals surface area contributed by atoms with Crippen LogP contribution in [0.5, 0.6) is 5.75 Å². The normalized spacial score (nSPS) is 17.6. The Kier molecular flexibility index (Phi) is 3.28. The van der Waals surface area contributed by atoms with Crippen LogP contribution >= 0.6 is 0 Å². The molecule has 0 aliphatic carbocycles. The summed E-state index contributed by atoms with van der Waals surface area (Å²) in [6.45, 7) is 0.799. The van der Waals surface area contributed by atoms with Gasteiger partial charge in [0.05, 0.1) is 19.3 Å². The van der Waals surface area contributed by atoms with Crippen molar-refractivity contribution in [3.05, 3.63) is 47.3 Å². The molecule has 0 saturated carbocycles. The molecular weight excluding hydrogens is 254 g/mol. The van der Waals surface area contributed by atoms with Crippen LogP contribution in [0.25, 0.3) is 0 Å². The number of carbonyl (C=O) groups is 1. The number of aryl methyl sites for hydroxylation is 1. The van der Waals surface area contributed by atoms with Crippen LogP contribution in [0.1, 0.15) is 27.7 Å². The minimum absolute atomic E-state index is 0.00556. The summed E-state index contributed by atoms with van der Waals surface area (Å²) in [4.78, 5) is 12.8. The van der Waals surface area contributed by atoms with Crippen molar-refractivity contribution in [2.75, 3.05) is 13.7 Å². The number of aromatic nitrogens is 2. The highest BCUT2D eigenvalue weighted by Gasteiger charge is 2.30. The van der Waals surface area contributed by atoms with Crippen LogP contribution in [0.3, 0.4) is 0 Å². The molecule has 3 rings (SSSR count). The Morgan fingerprint density at radius 2 is 2.25 bits per heavy atom. The summed E-state index contributed by atoms with van der Waals surface area (Å²) < 4.78 is 6.80. The van der Waals surface area contributed by atoms with Gasteiger partial charge in [0.2, 0.25) is 5.78 Å². The molecule has 2 aromatic rings. The zero-order valence-electron chi connectivity index (χ0n) is 11.6.